The maximum absolute atomic E-state index is 6.05. The Hall–Kier alpha value is -0.180. The summed E-state index contributed by atoms with van der Waals surface area (Å²) in [6.45, 7) is 2.23. The van der Waals surface area contributed by atoms with E-state index in [1.165, 1.54) is 31.2 Å². The molecule has 1 aliphatic carbocycles. The lowest BCUT2D eigenvalue weighted by Gasteiger charge is -2.31. The fourth-order valence-electron chi connectivity index (χ4n) is 2.74. The average molecular weight is 284 g/mol. The molecule has 1 N–H and O–H groups in total. The molecule has 1 aromatic carbocycles. The van der Waals surface area contributed by atoms with Crippen molar-refractivity contribution in [1.82, 2.24) is 5.32 Å². The molecule has 1 aliphatic rings. The van der Waals surface area contributed by atoms with Crippen LogP contribution in [0.2, 0.25) is 5.02 Å². The Morgan fingerprint density at radius 1 is 1.39 bits per heavy atom. The van der Waals surface area contributed by atoms with Crippen molar-refractivity contribution in [3.05, 3.63) is 34.9 Å². The molecule has 1 saturated carbocycles. The first-order chi connectivity index (χ1) is 8.69. The predicted octanol–water partition coefficient (Wildman–Crippen LogP) is 4.66. The molecule has 0 bridgehead atoms. The van der Waals surface area contributed by atoms with E-state index < -0.39 is 0 Å². The Morgan fingerprint density at radius 3 is 2.94 bits per heavy atom. The van der Waals surface area contributed by atoms with Gasteiger partial charge in [-0.3, -0.25) is 0 Å². The quantitative estimate of drug-likeness (QED) is 0.862. The van der Waals surface area contributed by atoms with Gasteiger partial charge in [-0.2, -0.15) is 11.8 Å². The van der Waals surface area contributed by atoms with Crippen LogP contribution in [-0.2, 0) is 0 Å². The standard InChI is InChI=1S/C15H22ClNS/c1-11(12-5-3-6-13(16)9-12)17-14-7-4-8-15(10-14)18-2/h3,5-6,9,11,14-15,17H,4,7-8,10H2,1-2H3. The number of hydrogen-bond acceptors (Lipinski definition) is 2. The molecule has 0 spiro atoms. The number of rotatable bonds is 4. The van der Waals surface area contributed by atoms with Gasteiger partial charge in [0.15, 0.2) is 0 Å². The van der Waals surface area contributed by atoms with Gasteiger partial charge in [-0.25, -0.2) is 0 Å². The second kappa shape index (κ2) is 6.83. The molecule has 0 radical (unpaired) electrons. The third kappa shape index (κ3) is 3.91. The maximum atomic E-state index is 6.05. The first-order valence-corrected chi connectivity index (χ1v) is 8.40. The molecule has 3 heteroatoms. The predicted molar refractivity (Wildman–Crippen MR) is 82.6 cm³/mol. The van der Waals surface area contributed by atoms with E-state index in [0.29, 0.717) is 12.1 Å². The molecule has 0 aliphatic heterocycles. The Bertz CT molecular complexity index is 383. The molecule has 3 unspecified atom stereocenters. The van der Waals surface area contributed by atoms with E-state index in [1.54, 1.807) is 0 Å². The Morgan fingerprint density at radius 2 is 2.22 bits per heavy atom. The molecule has 0 amide bonds. The lowest BCUT2D eigenvalue weighted by Crippen LogP contribution is -2.36. The van der Waals surface area contributed by atoms with Crippen LogP contribution in [0.3, 0.4) is 0 Å². The lowest BCUT2D eigenvalue weighted by molar-refractivity contribution is 0.353. The molecule has 2 rings (SSSR count). The van der Waals surface area contributed by atoms with Crippen molar-refractivity contribution in [2.45, 2.75) is 49.9 Å². The van der Waals surface area contributed by atoms with Crippen molar-refractivity contribution >= 4 is 23.4 Å². The summed E-state index contributed by atoms with van der Waals surface area (Å²) in [5.41, 5.74) is 1.29. The minimum atomic E-state index is 0.384. The maximum Gasteiger partial charge on any atom is 0.0409 e. The van der Waals surface area contributed by atoms with Crippen molar-refractivity contribution in [3.63, 3.8) is 0 Å². The fraction of sp³-hybridized carbons (Fsp3) is 0.600. The fourth-order valence-corrected chi connectivity index (χ4v) is 3.76. The van der Waals surface area contributed by atoms with E-state index in [2.05, 4.69) is 30.6 Å². The largest absolute Gasteiger partial charge is 0.307 e. The molecule has 1 aromatic rings. The minimum absolute atomic E-state index is 0.384. The van der Waals surface area contributed by atoms with Gasteiger partial charge in [0, 0.05) is 22.4 Å². The summed E-state index contributed by atoms with van der Waals surface area (Å²) in [5.74, 6) is 0. The molecule has 1 fully saturated rings. The second-order valence-electron chi connectivity index (χ2n) is 5.16. The molecule has 0 heterocycles. The zero-order valence-electron chi connectivity index (χ0n) is 11.2. The molecule has 18 heavy (non-hydrogen) atoms. The summed E-state index contributed by atoms with van der Waals surface area (Å²) in [7, 11) is 0. The van der Waals surface area contributed by atoms with E-state index in [4.69, 9.17) is 11.6 Å². The lowest BCUT2D eigenvalue weighted by atomic mass is 9.93. The molecular formula is C15H22ClNS. The summed E-state index contributed by atoms with van der Waals surface area (Å²) >= 11 is 8.06. The van der Waals surface area contributed by atoms with E-state index in [0.717, 1.165) is 10.3 Å². The van der Waals surface area contributed by atoms with Crippen LogP contribution in [0.5, 0.6) is 0 Å². The van der Waals surface area contributed by atoms with Crippen molar-refractivity contribution < 1.29 is 0 Å². The van der Waals surface area contributed by atoms with E-state index in [-0.39, 0.29) is 0 Å². The third-order valence-electron chi connectivity index (χ3n) is 3.79. The highest BCUT2D eigenvalue weighted by atomic mass is 35.5. The topological polar surface area (TPSA) is 12.0 Å². The van der Waals surface area contributed by atoms with Gasteiger partial charge in [-0.15, -0.1) is 0 Å². The molecule has 1 nitrogen and oxygen atoms in total. The van der Waals surface area contributed by atoms with Crippen LogP contribution in [-0.4, -0.2) is 17.5 Å². The number of nitrogens with one attached hydrogen (secondary N) is 1. The van der Waals surface area contributed by atoms with Gasteiger partial charge in [0.2, 0.25) is 0 Å². The molecule has 0 aromatic heterocycles. The number of hydrogen-bond donors (Lipinski definition) is 1. The number of halogens is 1. The Kier molecular flexibility index (Phi) is 5.40. The second-order valence-corrected chi connectivity index (χ2v) is 6.74. The summed E-state index contributed by atoms with van der Waals surface area (Å²) in [6.07, 6.45) is 7.57. The van der Waals surface area contributed by atoms with Crippen molar-refractivity contribution in [2.75, 3.05) is 6.26 Å². The first-order valence-electron chi connectivity index (χ1n) is 6.73. The van der Waals surface area contributed by atoms with Crippen LogP contribution in [0, 0.1) is 0 Å². The molecule has 100 valence electrons. The first kappa shape index (κ1) is 14.2. The highest BCUT2D eigenvalue weighted by Gasteiger charge is 2.22. The van der Waals surface area contributed by atoms with Gasteiger partial charge < -0.3 is 5.32 Å². The van der Waals surface area contributed by atoms with Gasteiger partial charge in [0.25, 0.3) is 0 Å². The van der Waals surface area contributed by atoms with Gasteiger partial charge in [-0.05, 0) is 50.1 Å². The van der Waals surface area contributed by atoms with E-state index in [9.17, 15) is 0 Å². The third-order valence-corrected chi connectivity index (χ3v) is 5.12. The van der Waals surface area contributed by atoms with Crippen molar-refractivity contribution in [2.24, 2.45) is 0 Å². The van der Waals surface area contributed by atoms with Crippen molar-refractivity contribution in [1.29, 1.82) is 0 Å². The van der Waals surface area contributed by atoms with Gasteiger partial charge >= 0.3 is 0 Å². The van der Waals surface area contributed by atoms with Crippen LogP contribution in [0.1, 0.15) is 44.2 Å². The highest BCUT2D eigenvalue weighted by molar-refractivity contribution is 7.99. The monoisotopic (exact) mass is 283 g/mol. The van der Waals surface area contributed by atoms with Crippen LogP contribution >= 0.6 is 23.4 Å². The summed E-state index contributed by atoms with van der Waals surface area (Å²) in [6, 6.07) is 9.22. The number of thioether (sulfide) groups is 1. The van der Waals surface area contributed by atoms with E-state index in [1.807, 2.05) is 23.9 Å². The van der Waals surface area contributed by atoms with Crippen LogP contribution in [0.4, 0.5) is 0 Å². The normalized spacial score (nSPS) is 25.9. The average Bonchev–Trinajstić information content (AvgIpc) is 2.39. The number of benzene rings is 1. The molecular weight excluding hydrogens is 262 g/mol. The van der Waals surface area contributed by atoms with Crippen LogP contribution in [0.25, 0.3) is 0 Å². The smallest absolute Gasteiger partial charge is 0.0409 e. The summed E-state index contributed by atoms with van der Waals surface area (Å²) < 4.78 is 0. The van der Waals surface area contributed by atoms with Gasteiger partial charge in [0.1, 0.15) is 0 Å². The highest BCUT2D eigenvalue weighted by Crippen LogP contribution is 2.28. The minimum Gasteiger partial charge on any atom is -0.307 e. The van der Waals surface area contributed by atoms with Crippen LogP contribution < -0.4 is 5.32 Å². The molecule has 3 atom stereocenters. The van der Waals surface area contributed by atoms with Gasteiger partial charge in [0.05, 0.1) is 0 Å². The Labute approximate surface area is 120 Å². The van der Waals surface area contributed by atoms with Crippen molar-refractivity contribution in [3.8, 4) is 0 Å². The Balaban J connectivity index is 1.92. The summed E-state index contributed by atoms with van der Waals surface area (Å²) in [4.78, 5) is 0. The zero-order valence-corrected chi connectivity index (χ0v) is 12.7. The SMILES string of the molecule is CSC1CCCC(NC(C)c2cccc(Cl)c2)C1. The van der Waals surface area contributed by atoms with E-state index >= 15 is 0 Å². The summed E-state index contributed by atoms with van der Waals surface area (Å²) in [5, 5.41) is 5.42. The van der Waals surface area contributed by atoms with Gasteiger partial charge in [-0.1, -0.05) is 30.2 Å². The molecule has 0 saturated heterocycles. The van der Waals surface area contributed by atoms with Crippen LogP contribution in [0.15, 0.2) is 24.3 Å². The zero-order chi connectivity index (χ0) is 13.0.